The average Bonchev–Trinajstić information content (AvgIpc) is 3.18. The van der Waals surface area contributed by atoms with Gasteiger partial charge in [-0.1, -0.05) is 6.07 Å². The van der Waals surface area contributed by atoms with Crippen molar-refractivity contribution in [2.24, 2.45) is 5.92 Å². The van der Waals surface area contributed by atoms with Crippen LogP contribution in [0.25, 0.3) is 4.85 Å². The van der Waals surface area contributed by atoms with E-state index in [2.05, 4.69) is 9.83 Å². The van der Waals surface area contributed by atoms with Crippen LogP contribution < -0.4 is 4.90 Å². The highest BCUT2D eigenvalue weighted by Crippen LogP contribution is 2.40. The molecule has 7 heteroatoms. The first kappa shape index (κ1) is 15.8. The van der Waals surface area contributed by atoms with Crippen molar-refractivity contribution in [3.63, 3.8) is 0 Å². The predicted molar refractivity (Wildman–Crippen MR) is 83.6 cm³/mol. The number of alkyl halides is 3. The van der Waals surface area contributed by atoms with Gasteiger partial charge in [0, 0.05) is 17.6 Å². The maximum Gasteiger partial charge on any atom is 0.407 e. The molecule has 0 N–H and O–H groups in total. The average molecular weight is 337 g/mol. The summed E-state index contributed by atoms with van der Waals surface area (Å²) in [4.78, 5) is 9.13. The minimum atomic E-state index is -4.53. The molecule has 0 bridgehead atoms. The zero-order valence-electron chi connectivity index (χ0n) is 12.2. The molecule has 1 aliphatic carbocycles. The molecule has 1 heterocycles. The molecule has 3 rings (SSSR count). The molecule has 0 atom stereocenters. The van der Waals surface area contributed by atoms with Crippen LogP contribution in [0.3, 0.4) is 0 Å². The third-order valence-electron chi connectivity index (χ3n) is 3.78. The zero-order valence-corrected chi connectivity index (χ0v) is 13.0. The lowest BCUT2D eigenvalue weighted by Gasteiger charge is -2.25. The fraction of sp³-hybridized carbons (Fsp3) is 0.375. The lowest BCUT2D eigenvalue weighted by atomic mass is 10.1. The van der Waals surface area contributed by atoms with Gasteiger partial charge in [0.15, 0.2) is 5.69 Å². The maximum atomic E-state index is 13.2. The molecule has 0 unspecified atom stereocenters. The summed E-state index contributed by atoms with van der Waals surface area (Å²) < 4.78 is 39.5. The van der Waals surface area contributed by atoms with E-state index in [1.807, 2.05) is 10.3 Å². The Balaban J connectivity index is 1.93. The summed E-state index contributed by atoms with van der Waals surface area (Å²) in [6, 6.07) is 3.94. The first-order valence-electron chi connectivity index (χ1n) is 7.18. The summed E-state index contributed by atoms with van der Waals surface area (Å²) in [5, 5.41) is 1.90. The highest BCUT2D eigenvalue weighted by molar-refractivity contribution is 7.07. The monoisotopic (exact) mass is 337 g/mol. The summed E-state index contributed by atoms with van der Waals surface area (Å²) in [6.07, 6.45) is -2.30. The Morgan fingerprint density at radius 1 is 1.35 bits per heavy atom. The lowest BCUT2D eigenvalue weighted by Crippen LogP contribution is -2.25. The van der Waals surface area contributed by atoms with E-state index in [4.69, 9.17) is 6.57 Å². The number of halogens is 3. The molecule has 0 aliphatic heterocycles. The van der Waals surface area contributed by atoms with Gasteiger partial charge in [-0.25, -0.2) is 9.83 Å². The van der Waals surface area contributed by atoms with Crippen LogP contribution in [0.2, 0.25) is 0 Å². The molecule has 3 nitrogen and oxygen atoms in total. The Morgan fingerprint density at radius 2 is 2.13 bits per heavy atom. The number of rotatable bonds is 5. The van der Waals surface area contributed by atoms with Crippen LogP contribution in [0.4, 0.5) is 24.5 Å². The van der Waals surface area contributed by atoms with Crippen molar-refractivity contribution in [3.05, 3.63) is 51.8 Å². The van der Waals surface area contributed by atoms with E-state index in [1.54, 1.807) is 11.6 Å². The summed E-state index contributed by atoms with van der Waals surface area (Å²) in [7, 11) is 0. The van der Waals surface area contributed by atoms with E-state index < -0.39 is 11.7 Å². The van der Waals surface area contributed by atoms with Gasteiger partial charge in [-0.3, -0.25) is 0 Å². The topological polar surface area (TPSA) is 20.5 Å². The van der Waals surface area contributed by atoms with E-state index in [1.165, 1.54) is 17.4 Å². The van der Waals surface area contributed by atoms with Gasteiger partial charge in [-0.15, -0.1) is 11.3 Å². The molecule has 1 fully saturated rings. The summed E-state index contributed by atoms with van der Waals surface area (Å²) in [6.45, 7) is 8.12. The van der Waals surface area contributed by atoms with Crippen molar-refractivity contribution in [1.82, 2.24) is 4.98 Å². The summed E-state index contributed by atoms with van der Waals surface area (Å²) in [5.41, 5.74) is 1.82. The third kappa shape index (κ3) is 3.82. The molecule has 2 aromatic rings. The number of hydrogen-bond donors (Lipinski definition) is 0. The van der Waals surface area contributed by atoms with Crippen LogP contribution in [0, 0.1) is 12.5 Å². The van der Waals surface area contributed by atoms with E-state index in [9.17, 15) is 13.2 Å². The van der Waals surface area contributed by atoms with Crippen LogP contribution >= 0.6 is 11.3 Å². The van der Waals surface area contributed by atoms with Crippen LogP contribution in [0.1, 0.15) is 24.1 Å². The van der Waals surface area contributed by atoms with E-state index in [0.717, 1.165) is 24.6 Å². The Kier molecular flexibility index (Phi) is 4.26. The molecule has 120 valence electrons. The van der Waals surface area contributed by atoms with E-state index >= 15 is 0 Å². The summed E-state index contributed by atoms with van der Waals surface area (Å²) in [5.74, 6) is 0.531. The quantitative estimate of drug-likeness (QED) is 0.705. The molecule has 23 heavy (non-hydrogen) atoms. The largest absolute Gasteiger partial charge is 0.407 e. The van der Waals surface area contributed by atoms with Gasteiger partial charge in [-0.2, -0.15) is 13.2 Å². The number of nitrogens with zero attached hydrogens (tertiary/aromatic N) is 3. The highest BCUT2D eigenvalue weighted by Gasteiger charge is 2.34. The molecular weight excluding hydrogens is 323 g/mol. The van der Waals surface area contributed by atoms with Crippen molar-refractivity contribution < 1.29 is 13.2 Å². The molecule has 0 saturated heterocycles. The van der Waals surface area contributed by atoms with Gasteiger partial charge >= 0.3 is 6.18 Å². The Bertz CT molecular complexity index is 715. The van der Waals surface area contributed by atoms with Gasteiger partial charge in [0.25, 0.3) is 0 Å². The van der Waals surface area contributed by atoms with Gasteiger partial charge in [-0.05, 0) is 30.9 Å². The lowest BCUT2D eigenvalue weighted by molar-refractivity contribution is -0.136. The second-order valence-corrected chi connectivity index (χ2v) is 6.33. The molecule has 0 amide bonds. The van der Waals surface area contributed by atoms with Crippen molar-refractivity contribution in [2.45, 2.75) is 25.6 Å². The highest BCUT2D eigenvalue weighted by atomic mass is 32.1. The van der Waals surface area contributed by atoms with Crippen LogP contribution in [0.5, 0.6) is 0 Å². The van der Waals surface area contributed by atoms with Gasteiger partial charge in [0.05, 0.1) is 29.9 Å². The van der Waals surface area contributed by atoms with Gasteiger partial charge in [0.1, 0.15) is 0 Å². The number of thiazole rings is 1. The normalized spacial score (nSPS) is 14.5. The molecule has 1 aliphatic rings. The minimum Gasteiger partial charge on any atom is -0.365 e. The van der Waals surface area contributed by atoms with E-state index in [-0.39, 0.29) is 5.69 Å². The molecule has 0 radical (unpaired) electrons. The van der Waals surface area contributed by atoms with Crippen molar-refractivity contribution >= 4 is 22.7 Å². The molecule has 1 aromatic carbocycles. The second kappa shape index (κ2) is 6.20. The van der Waals surface area contributed by atoms with Crippen molar-refractivity contribution in [3.8, 4) is 0 Å². The molecule has 1 saturated carbocycles. The number of anilines is 1. The number of hydrogen-bond acceptors (Lipinski definition) is 3. The first-order valence-corrected chi connectivity index (χ1v) is 8.12. The van der Waals surface area contributed by atoms with E-state index in [0.29, 0.717) is 24.7 Å². The van der Waals surface area contributed by atoms with Crippen molar-refractivity contribution in [1.29, 1.82) is 0 Å². The molecule has 1 aromatic heterocycles. The summed E-state index contributed by atoms with van der Waals surface area (Å²) >= 11 is 1.47. The van der Waals surface area contributed by atoms with Crippen LogP contribution in [-0.2, 0) is 12.7 Å². The van der Waals surface area contributed by atoms with Gasteiger partial charge < -0.3 is 4.90 Å². The van der Waals surface area contributed by atoms with Crippen molar-refractivity contribution in [2.75, 3.05) is 11.4 Å². The van der Waals surface area contributed by atoms with Crippen LogP contribution in [-0.4, -0.2) is 11.5 Å². The zero-order chi connectivity index (χ0) is 16.4. The predicted octanol–water partition coefficient (Wildman–Crippen LogP) is 5.13. The fourth-order valence-corrected chi connectivity index (χ4v) is 2.98. The Labute approximate surface area is 136 Å². The maximum absolute atomic E-state index is 13.2. The first-order chi connectivity index (χ1) is 11.0. The Morgan fingerprint density at radius 3 is 2.70 bits per heavy atom. The SMILES string of the molecule is [C-]#[N+]c1ccc(N(Cc2cscn2)CC2CC2)cc1C(F)(F)F. The van der Waals surface area contributed by atoms with Crippen LogP contribution in [0.15, 0.2) is 29.1 Å². The second-order valence-electron chi connectivity index (χ2n) is 5.61. The standard InChI is InChI=1S/C16H14F3N3S/c1-20-15-5-4-13(6-14(15)16(17,18)19)22(7-11-2-3-11)8-12-9-23-10-21-12/h4-6,9-11H,2-3,7-8H2. The van der Waals surface area contributed by atoms with Gasteiger partial charge in [0.2, 0.25) is 0 Å². The minimum absolute atomic E-state index is 0.360. The number of aromatic nitrogens is 1. The molecular formula is C16H14F3N3S. The Hall–Kier alpha value is -2.07. The molecule has 0 spiro atoms. The number of benzene rings is 1. The fourth-order valence-electron chi connectivity index (χ4n) is 2.43. The smallest absolute Gasteiger partial charge is 0.365 e. The third-order valence-corrected chi connectivity index (χ3v) is 4.42.